The van der Waals surface area contributed by atoms with Crippen LogP contribution in [-0.2, 0) is 9.53 Å². The van der Waals surface area contributed by atoms with E-state index in [2.05, 4.69) is 20.8 Å². The summed E-state index contributed by atoms with van der Waals surface area (Å²) < 4.78 is 6.05. The van der Waals surface area contributed by atoms with E-state index in [4.69, 9.17) is 4.74 Å². The Bertz CT molecular complexity index is 514. The number of hydrogen-bond acceptors (Lipinski definition) is 2. The van der Waals surface area contributed by atoms with Crippen LogP contribution in [0, 0.1) is 34.5 Å². The van der Waals surface area contributed by atoms with E-state index in [1.165, 1.54) is 38.5 Å². The third kappa shape index (κ3) is 2.00. The molecule has 4 fully saturated rings. The summed E-state index contributed by atoms with van der Waals surface area (Å²) >= 11 is 0. The van der Waals surface area contributed by atoms with E-state index in [9.17, 15) is 4.79 Å². The second-order valence-corrected chi connectivity index (χ2v) is 9.83. The van der Waals surface area contributed by atoms with Crippen LogP contribution in [0.5, 0.6) is 0 Å². The third-order valence-corrected chi connectivity index (χ3v) is 9.46. The van der Waals surface area contributed by atoms with Gasteiger partial charge in [-0.15, -0.1) is 0 Å². The second kappa shape index (κ2) is 5.07. The highest BCUT2D eigenvalue weighted by atomic mass is 16.5. The number of fused-ring (bicyclic) bond motifs is 5. The quantitative estimate of drug-likeness (QED) is 0.680. The van der Waals surface area contributed by atoms with Gasteiger partial charge in [0.15, 0.2) is 0 Å². The summed E-state index contributed by atoms with van der Waals surface area (Å²) in [7, 11) is 1.92. The highest BCUT2D eigenvalue weighted by Gasteiger charge is 2.63. The average Bonchev–Trinajstić information content (AvgIpc) is 2.80. The fraction of sp³-hybridized carbons (Fsp3) is 0.952. The molecule has 2 heteroatoms. The Morgan fingerprint density at radius 1 is 0.957 bits per heavy atom. The Morgan fingerprint density at radius 3 is 2.43 bits per heavy atom. The standard InChI is InChI=1S/C21H34O2/c1-19-10-7-15(22)13-14(19)5-6-16-17(19)8-11-20(2)18(16)9-12-21(20,3)23-4/h14,16-18H,5-13H2,1-4H3/t14?,16-,17-,18+,19+,20+,21?/m1/s1. The molecule has 4 saturated carbocycles. The van der Waals surface area contributed by atoms with Crippen molar-refractivity contribution in [2.45, 2.75) is 84.2 Å². The van der Waals surface area contributed by atoms with Crippen LogP contribution < -0.4 is 0 Å². The first-order valence-electron chi connectivity index (χ1n) is 9.91. The van der Waals surface area contributed by atoms with Crippen LogP contribution in [0.15, 0.2) is 0 Å². The number of hydrogen-bond donors (Lipinski definition) is 0. The van der Waals surface area contributed by atoms with Crippen LogP contribution in [0.2, 0.25) is 0 Å². The molecule has 0 spiro atoms. The number of rotatable bonds is 1. The van der Waals surface area contributed by atoms with Gasteiger partial charge in [0.25, 0.3) is 0 Å². The first-order valence-corrected chi connectivity index (χ1v) is 9.91. The molecule has 0 saturated heterocycles. The fourth-order valence-corrected chi connectivity index (χ4v) is 7.61. The van der Waals surface area contributed by atoms with Gasteiger partial charge in [-0.25, -0.2) is 0 Å². The minimum atomic E-state index is 0.0723. The number of Topliss-reactive ketones (excluding diaryl/α,β-unsaturated/α-hetero) is 1. The van der Waals surface area contributed by atoms with Crippen molar-refractivity contribution in [2.24, 2.45) is 34.5 Å². The van der Waals surface area contributed by atoms with Gasteiger partial charge in [-0.3, -0.25) is 4.79 Å². The maximum absolute atomic E-state index is 12.0. The maximum atomic E-state index is 12.0. The number of carbonyl (C=O) groups excluding carboxylic acids is 1. The molecule has 4 aliphatic carbocycles. The van der Waals surface area contributed by atoms with Crippen LogP contribution in [0.3, 0.4) is 0 Å². The summed E-state index contributed by atoms with van der Waals surface area (Å²) in [6, 6.07) is 0. The summed E-state index contributed by atoms with van der Waals surface area (Å²) in [5.41, 5.74) is 0.865. The number of ether oxygens (including phenoxy) is 1. The fourth-order valence-electron chi connectivity index (χ4n) is 7.61. The van der Waals surface area contributed by atoms with E-state index in [-0.39, 0.29) is 5.60 Å². The van der Waals surface area contributed by atoms with Crippen molar-refractivity contribution < 1.29 is 9.53 Å². The molecule has 0 N–H and O–H groups in total. The molecule has 4 rings (SSSR count). The lowest BCUT2D eigenvalue weighted by molar-refractivity contribution is -0.160. The topological polar surface area (TPSA) is 26.3 Å². The number of ketones is 1. The van der Waals surface area contributed by atoms with Gasteiger partial charge in [0.2, 0.25) is 0 Å². The van der Waals surface area contributed by atoms with Crippen LogP contribution >= 0.6 is 0 Å². The molecular weight excluding hydrogens is 284 g/mol. The van der Waals surface area contributed by atoms with Gasteiger partial charge in [-0.05, 0) is 86.4 Å². The third-order valence-electron chi connectivity index (χ3n) is 9.46. The zero-order valence-electron chi connectivity index (χ0n) is 15.5. The summed E-state index contributed by atoms with van der Waals surface area (Å²) in [6.45, 7) is 7.41. The van der Waals surface area contributed by atoms with Gasteiger partial charge >= 0.3 is 0 Å². The molecule has 0 aliphatic heterocycles. The molecule has 0 amide bonds. The van der Waals surface area contributed by atoms with Gasteiger partial charge in [0, 0.05) is 20.0 Å². The maximum Gasteiger partial charge on any atom is 0.133 e. The smallest absolute Gasteiger partial charge is 0.133 e. The lowest BCUT2D eigenvalue weighted by Crippen LogP contribution is -2.56. The Balaban J connectivity index is 1.64. The highest BCUT2D eigenvalue weighted by Crippen LogP contribution is 2.68. The SMILES string of the molecule is COC1(C)CC[C@H]2[C@@H]3CCC4CC(=O)CC[C@]4(C)[C@@H]3CC[C@@]21C. The molecule has 130 valence electrons. The van der Waals surface area contributed by atoms with E-state index in [0.29, 0.717) is 22.5 Å². The largest absolute Gasteiger partial charge is 0.378 e. The molecule has 0 radical (unpaired) electrons. The molecule has 0 aromatic carbocycles. The Kier molecular flexibility index (Phi) is 3.55. The van der Waals surface area contributed by atoms with Crippen LogP contribution in [0.1, 0.15) is 78.6 Å². The Labute approximate surface area is 141 Å². The van der Waals surface area contributed by atoms with Crippen molar-refractivity contribution in [3.63, 3.8) is 0 Å². The van der Waals surface area contributed by atoms with Gasteiger partial charge in [0.1, 0.15) is 5.78 Å². The summed E-state index contributed by atoms with van der Waals surface area (Å²) in [5, 5.41) is 0. The zero-order valence-corrected chi connectivity index (χ0v) is 15.5. The first-order chi connectivity index (χ1) is 10.8. The van der Waals surface area contributed by atoms with Crippen molar-refractivity contribution in [2.75, 3.05) is 7.11 Å². The van der Waals surface area contributed by atoms with Gasteiger partial charge in [-0.2, -0.15) is 0 Å². The van der Waals surface area contributed by atoms with Crippen LogP contribution in [0.4, 0.5) is 0 Å². The molecular formula is C21H34O2. The molecule has 0 aromatic heterocycles. The van der Waals surface area contributed by atoms with E-state index >= 15 is 0 Å². The van der Waals surface area contributed by atoms with Gasteiger partial charge < -0.3 is 4.74 Å². The Hall–Kier alpha value is -0.370. The molecule has 7 atom stereocenters. The minimum Gasteiger partial charge on any atom is -0.378 e. The minimum absolute atomic E-state index is 0.0723. The monoisotopic (exact) mass is 318 g/mol. The van der Waals surface area contributed by atoms with E-state index in [1.54, 1.807) is 0 Å². The van der Waals surface area contributed by atoms with Crippen LogP contribution in [-0.4, -0.2) is 18.5 Å². The first kappa shape index (κ1) is 16.1. The highest BCUT2D eigenvalue weighted by molar-refractivity contribution is 5.79. The van der Waals surface area contributed by atoms with Crippen LogP contribution in [0.25, 0.3) is 0 Å². The second-order valence-electron chi connectivity index (χ2n) is 9.83. The molecule has 23 heavy (non-hydrogen) atoms. The van der Waals surface area contributed by atoms with Gasteiger partial charge in [0.05, 0.1) is 5.60 Å². The van der Waals surface area contributed by atoms with Crippen molar-refractivity contribution in [3.05, 3.63) is 0 Å². The molecule has 0 heterocycles. The number of carbonyl (C=O) groups is 1. The van der Waals surface area contributed by atoms with E-state index < -0.39 is 0 Å². The lowest BCUT2D eigenvalue weighted by atomic mass is 9.44. The Morgan fingerprint density at radius 2 is 1.70 bits per heavy atom. The summed E-state index contributed by atoms with van der Waals surface area (Å²) in [5.74, 6) is 3.76. The van der Waals surface area contributed by atoms with E-state index in [0.717, 1.165) is 37.0 Å². The van der Waals surface area contributed by atoms with Crippen molar-refractivity contribution in [1.29, 1.82) is 0 Å². The predicted octanol–water partition coefficient (Wildman–Crippen LogP) is 5.00. The van der Waals surface area contributed by atoms with Crippen molar-refractivity contribution in [1.82, 2.24) is 0 Å². The molecule has 0 bridgehead atoms. The average molecular weight is 319 g/mol. The predicted molar refractivity (Wildman–Crippen MR) is 92.1 cm³/mol. The summed E-state index contributed by atoms with van der Waals surface area (Å²) in [4.78, 5) is 12.0. The zero-order chi connectivity index (χ0) is 16.5. The number of methoxy groups -OCH3 is 1. The van der Waals surface area contributed by atoms with Gasteiger partial charge in [-0.1, -0.05) is 13.8 Å². The lowest BCUT2D eigenvalue weighted by Gasteiger charge is -2.61. The normalized spacial score (nSPS) is 55.9. The summed E-state index contributed by atoms with van der Waals surface area (Å²) in [6.07, 6.45) is 10.8. The van der Waals surface area contributed by atoms with Crippen molar-refractivity contribution >= 4 is 5.78 Å². The van der Waals surface area contributed by atoms with Crippen molar-refractivity contribution in [3.8, 4) is 0 Å². The van der Waals surface area contributed by atoms with E-state index in [1.807, 2.05) is 7.11 Å². The molecule has 2 nitrogen and oxygen atoms in total. The molecule has 2 unspecified atom stereocenters. The molecule has 0 aromatic rings. The molecule has 4 aliphatic rings.